The van der Waals surface area contributed by atoms with Gasteiger partial charge in [0.25, 0.3) is 5.91 Å². The van der Waals surface area contributed by atoms with Crippen LogP contribution in [-0.2, 0) is 0 Å². The number of halogens is 3. The maximum Gasteiger partial charge on any atom is 0.256 e. The summed E-state index contributed by atoms with van der Waals surface area (Å²) in [6.07, 6.45) is 0. The molecule has 0 aliphatic heterocycles. The molecule has 0 saturated heterocycles. The molecule has 0 aliphatic carbocycles. The first-order valence-corrected chi connectivity index (χ1v) is 6.04. The van der Waals surface area contributed by atoms with Gasteiger partial charge in [0.05, 0.1) is 11.3 Å². The third-order valence-electron chi connectivity index (χ3n) is 2.18. The standard InChI is InChI=1S/C12H7F2IN2O/c13-10-6-5-9(11(14)17-10)16-12(18)7-3-1-2-4-8(7)15/h1-6H,(H,16,18). The number of rotatable bonds is 2. The van der Waals surface area contributed by atoms with Gasteiger partial charge in [-0.2, -0.15) is 13.8 Å². The molecule has 0 aliphatic rings. The Hall–Kier alpha value is -1.57. The lowest BCUT2D eigenvalue weighted by atomic mass is 10.2. The normalized spacial score (nSPS) is 10.2. The molecule has 1 aromatic heterocycles. The Kier molecular flexibility index (Phi) is 3.85. The molecule has 2 rings (SSSR count). The molecule has 0 fully saturated rings. The minimum atomic E-state index is -1.05. The van der Waals surface area contributed by atoms with Crippen LogP contribution in [0.4, 0.5) is 14.5 Å². The molecule has 0 spiro atoms. The highest BCUT2D eigenvalue weighted by molar-refractivity contribution is 14.1. The van der Waals surface area contributed by atoms with Crippen molar-refractivity contribution in [3.8, 4) is 0 Å². The number of nitrogens with zero attached hydrogens (tertiary/aromatic N) is 1. The van der Waals surface area contributed by atoms with E-state index in [1.807, 2.05) is 22.6 Å². The second kappa shape index (κ2) is 5.38. The Labute approximate surface area is 115 Å². The Morgan fingerprint density at radius 3 is 2.56 bits per heavy atom. The van der Waals surface area contributed by atoms with E-state index in [9.17, 15) is 13.6 Å². The van der Waals surface area contributed by atoms with E-state index >= 15 is 0 Å². The topological polar surface area (TPSA) is 42.0 Å². The SMILES string of the molecule is O=C(Nc1ccc(F)nc1F)c1ccccc1I. The molecule has 0 bridgehead atoms. The smallest absolute Gasteiger partial charge is 0.256 e. The fourth-order valence-corrected chi connectivity index (χ4v) is 1.97. The number of nitrogens with one attached hydrogen (secondary N) is 1. The summed E-state index contributed by atoms with van der Waals surface area (Å²) in [6, 6.07) is 8.98. The van der Waals surface area contributed by atoms with E-state index in [1.54, 1.807) is 24.3 Å². The first-order chi connectivity index (χ1) is 8.58. The van der Waals surface area contributed by atoms with E-state index in [0.29, 0.717) is 5.56 Å². The van der Waals surface area contributed by atoms with Crippen molar-refractivity contribution in [3.05, 3.63) is 57.4 Å². The summed E-state index contributed by atoms with van der Waals surface area (Å²) in [5.74, 6) is -2.44. The third kappa shape index (κ3) is 2.81. The number of carbonyl (C=O) groups excluding carboxylic acids is 1. The van der Waals surface area contributed by atoms with Crippen LogP contribution < -0.4 is 5.32 Å². The number of benzene rings is 1. The zero-order valence-electron chi connectivity index (χ0n) is 8.95. The van der Waals surface area contributed by atoms with Crippen LogP contribution in [0.15, 0.2) is 36.4 Å². The highest BCUT2D eigenvalue weighted by Crippen LogP contribution is 2.16. The molecule has 6 heteroatoms. The summed E-state index contributed by atoms with van der Waals surface area (Å²) in [5, 5.41) is 2.35. The van der Waals surface area contributed by atoms with Crippen LogP contribution in [0.1, 0.15) is 10.4 Å². The first kappa shape index (κ1) is 12.9. The Morgan fingerprint density at radius 2 is 1.89 bits per heavy atom. The zero-order valence-corrected chi connectivity index (χ0v) is 11.1. The van der Waals surface area contributed by atoms with Gasteiger partial charge in [0.15, 0.2) is 0 Å². The van der Waals surface area contributed by atoms with Crippen LogP contribution >= 0.6 is 22.6 Å². The fourth-order valence-electron chi connectivity index (χ4n) is 1.34. The van der Waals surface area contributed by atoms with Gasteiger partial charge in [-0.3, -0.25) is 4.79 Å². The van der Waals surface area contributed by atoms with Gasteiger partial charge in [-0.25, -0.2) is 0 Å². The van der Waals surface area contributed by atoms with E-state index in [0.717, 1.165) is 15.7 Å². The van der Waals surface area contributed by atoms with Gasteiger partial charge in [0, 0.05) is 3.57 Å². The average Bonchev–Trinajstić information content (AvgIpc) is 2.33. The lowest BCUT2D eigenvalue weighted by Gasteiger charge is -2.07. The quantitative estimate of drug-likeness (QED) is 0.660. The van der Waals surface area contributed by atoms with E-state index in [2.05, 4.69) is 10.3 Å². The second-order valence-corrected chi connectivity index (χ2v) is 4.57. The minimum Gasteiger partial charge on any atom is -0.318 e. The van der Waals surface area contributed by atoms with Crippen molar-refractivity contribution in [1.29, 1.82) is 0 Å². The molecule has 1 heterocycles. The number of hydrogen-bond donors (Lipinski definition) is 1. The lowest BCUT2D eigenvalue weighted by molar-refractivity contribution is 0.102. The van der Waals surface area contributed by atoms with Gasteiger partial charge >= 0.3 is 0 Å². The Bertz CT molecular complexity index is 604. The number of aromatic nitrogens is 1. The first-order valence-electron chi connectivity index (χ1n) is 4.96. The lowest BCUT2D eigenvalue weighted by Crippen LogP contribution is -2.15. The molecule has 0 saturated carbocycles. The van der Waals surface area contributed by atoms with Gasteiger partial charge in [0.2, 0.25) is 11.9 Å². The molecule has 0 unspecified atom stereocenters. The van der Waals surface area contributed by atoms with Crippen molar-refractivity contribution in [2.75, 3.05) is 5.32 Å². The van der Waals surface area contributed by atoms with E-state index in [-0.39, 0.29) is 5.69 Å². The van der Waals surface area contributed by atoms with Crippen LogP contribution in [0.3, 0.4) is 0 Å². The summed E-state index contributed by atoms with van der Waals surface area (Å²) in [7, 11) is 0. The van der Waals surface area contributed by atoms with Crippen LogP contribution in [0, 0.1) is 15.5 Å². The van der Waals surface area contributed by atoms with Gasteiger partial charge in [-0.15, -0.1) is 0 Å². The van der Waals surface area contributed by atoms with Gasteiger partial charge in [0.1, 0.15) is 0 Å². The van der Waals surface area contributed by atoms with E-state index < -0.39 is 17.8 Å². The zero-order chi connectivity index (χ0) is 13.1. The number of anilines is 1. The molecule has 1 N–H and O–H groups in total. The highest BCUT2D eigenvalue weighted by Gasteiger charge is 2.12. The number of carbonyl (C=O) groups is 1. The van der Waals surface area contributed by atoms with Gasteiger partial charge < -0.3 is 5.32 Å². The van der Waals surface area contributed by atoms with Crippen molar-refractivity contribution < 1.29 is 13.6 Å². The number of hydrogen-bond acceptors (Lipinski definition) is 2. The summed E-state index contributed by atoms with van der Waals surface area (Å²) in [4.78, 5) is 14.9. The molecule has 18 heavy (non-hydrogen) atoms. The minimum absolute atomic E-state index is 0.152. The van der Waals surface area contributed by atoms with Crippen molar-refractivity contribution in [2.24, 2.45) is 0 Å². The molecule has 2 aromatic rings. The molecule has 3 nitrogen and oxygen atoms in total. The van der Waals surface area contributed by atoms with Crippen LogP contribution in [0.2, 0.25) is 0 Å². The van der Waals surface area contributed by atoms with E-state index in [4.69, 9.17) is 0 Å². The van der Waals surface area contributed by atoms with Crippen LogP contribution in [-0.4, -0.2) is 10.9 Å². The third-order valence-corrected chi connectivity index (χ3v) is 3.12. The van der Waals surface area contributed by atoms with Crippen molar-refractivity contribution >= 4 is 34.2 Å². The molecule has 1 aromatic carbocycles. The molecular weight excluding hydrogens is 353 g/mol. The molecule has 0 atom stereocenters. The van der Waals surface area contributed by atoms with E-state index in [1.165, 1.54) is 0 Å². The maximum absolute atomic E-state index is 13.3. The largest absolute Gasteiger partial charge is 0.318 e. The Balaban J connectivity index is 2.24. The molecular formula is C12H7F2IN2O. The average molecular weight is 360 g/mol. The number of amides is 1. The summed E-state index contributed by atoms with van der Waals surface area (Å²) in [6.45, 7) is 0. The van der Waals surface area contributed by atoms with Crippen LogP contribution in [0.25, 0.3) is 0 Å². The summed E-state index contributed by atoms with van der Waals surface area (Å²) < 4.78 is 26.6. The van der Waals surface area contributed by atoms with Crippen LogP contribution in [0.5, 0.6) is 0 Å². The van der Waals surface area contributed by atoms with Crippen molar-refractivity contribution in [2.45, 2.75) is 0 Å². The molecule has 1 amide bonds. The predicted octanol–water partition coefficient (Wildman–Crippen LogP) is 3.22. The fraction of sp³-hybridized carbons (Fsp3) is 0. The predicted molar refractivity (Wildman–Crippen MR) is 71.3 cm³/mol. The van der Waals surface area contributed by atoms with Gasteiger partial charge in [-0.1, -0.05) is 12.1 Å². The van der Waals surface area contributed by atoms with Crippen molar-refractivity contribution in [3.63, 3.8) is 0 Å². The highest BCUT2D eigenvalue weighted by atomic mass is 127. The maximum atomic E-state index is 13.3. The number of pyridine rings is 1. The Morgan fingerprint density at radius 1 is 1.17 bits per heavy atom. The summed E-state index contributed by atoms with van der Waals surface area (Å²) in [5.41, 5.74) is 0.267. The monoisotopic (exact) mass is 360 g/mol. The molecule has 0 radical (unpaired) electrons. The second-order valence-electron chi connectivity index (χ2n) is 3.41. The van der Waals surface area contributed by atoms with Crippen molar-refractivity contribution in [1.82, 2.24) is 4.98 Å². The summed E-state index contributed by atoms with van der Waals surface area (Å²) >= 11 is 2.00. The van der Waals surface area contributed by atoms with Gasteiger partial charge in [-0.05, 0) is 46.9 Å². The molecule has 92 valence electrons.